The predicted octanol–water partition coefficient (Wildman–Crippen LogP) is 3.77. The van der Waals surface area contributed by atoms with Crippen LogP contribution in [0.15, 0.2) is 40.0 Å². The second-order valence-corrected chi connectivity index (χ2v) is 5.43. The standard InChI is InChI=1S/C16H20FN3OS.HI/c1-3-18-16(20-10-13-6-7-22-11-13)19-9-12-4-5-15(21-2)14(17)8-12;/h4-8,11H,3,9-10H2,1-2H3,(H2,18,19,20);1H. The van der Waals surface area contributed by atoms with Crippen LogP contribution in [-0.2, 0) is 13.1 Å². The molecule has 2 rings (SSSR count). The third kappa shape index (κ3) is 6.34. The molecule has 0 aliphatic heterocycles. The number of guanidine groups is 1. The van der Waals surface area contributed by atoms with Gasteiger partial charge >= 0.3 is 0 Å². The Bertz CT molecular complexity index is 620. The Labute approximate surface area is 157 Å². The van der Waals surface area contributed by atoms with Crippen molar-refractivity contribution in [3.63, 3.8) is 0 Å². The van der Waals surface area contributed by atoms with Crippen LogP contribution in [0.2, 0.25) is 0 Å². The first kappa shape index (κ1) is 19.7. The van der Waals surface area contributed by atoms with Crippen molar-refractivity contribution in [3.05, 3.63) is 52.0 Å². The molecule has 0 saturated heterocycles. The van der Waals surface area contributed by atoms with E-state index < -0.39 is 0 Å². The van der Waals surface area contributed by atoms with Gasteiger partial charge in [-0.05, 0) is 47.0 Å². The zero-order valence-corrected chi connectivity index (χ0v) is 16.3. The molecule has 0 aliphatic carbocycles. The van der Waals surface area contributed by atoms with Gasteiger partial charge in [-0.1, -0.05) is 6.07 Å². The van der Waals surface area contributed by atoms with E-state index in [0.29, 0.717) is 19.0 Å². The summed E-state index contributed by atoms with van der Waals surface area (Å²) in [5.74, 6) is 0.605. The highest BCUT2D eigenvalue weighted by Gasteiger charge is 2.04. The minimum atomic E-state index is -0.359. The van der Waals surface area contributed by atoms with Crippen LogP contribution in [0, 0.1) is 5.82 Å². The summed E-state index contributed by atoms with van der Waals surface area (Å²) in [4.78, 5) is 4.51. The van der Waals surface area contributed by atoms with E-state index in [0.717, 1.165) is 12.1 Å². The van der Waals surface area contributed by atoms with Crippen molar-refractivity contribution in [3.8, 4) is 5.75 Å². The molecule has 23 heavy (non-hydrogen) atoms. The lowest BCUT2D eigenvalue weighted by atomic mass is 10.2. The highest BCUT2D eigenvalue weighted by atomic mass is 127. The summed E-state index contributed by atoms with van der Waals surface area (Å²) in [6, 6.07) is 6.98. The summed E-state index contributed by atoms with van der Waals surface area (Å²) in [6.07, 6.45) is 0. The van der Waals surface area contributed by atoms with Crippen molar-refractivity contribution in [1.82, 2.24) is 10.6 Å². The predicted molar refractivity (Wildman–Crippen MR) is 104 cm³/mol. The molecule has 7 heteroatoms. The first-order valence-electron chi connectivity index (χ1n) is 7.08. The van der Waals surface area contributed by atoms with E-state index in [-0.39, 0.29) is 35.5 Å². The number of nitrogens with one attached hydrogen (secondary N) is 2. The number of halogens is 2. The van der Waals surface area contributed by atoms with Gasteiger partial charge in [0.15, 0.2) is 17.5 Å². The molecule has 126 valence electrons. The zero-order chi connectivity index (χ0) is 15.8. The van der Waals surface area contributed by atoms with E-state index in [2.05, 4.69) is 27.1 Å². The fourth-order valence-electron chi connectivity index (χ4n) is 1.90. The van der Waals surface area contributed by atoms with Crippen molar-refractivity contribution in [2.24, 2.45) is 4.99 Å². The number of thiophene rings is 1. The van der Waals surface area contributed by atoms with Crippen molar-refractivity contribution in [2.45, 2.75) is 20.0 Å². The van der Waals surface area contributed by atoms with Gasteiger partial charge in [-0.3, -0.25) is 0 Å². The van der Waals surface area contributed by atoms with E-state index in [1.807, 2.05) is 18.4 Å². The normalized spacial score (nSPS) is 10.8. The average molecular weight is 449 g/mol. The summed E-state index contributed by atoms with van der Waals surface area (Å²) in [5, 5.41) is 10.5. The SMILES string of the molecule is CCNC(=NCc1ccsc1)NCc1ccc(OC)c(F)c1.I. The maximum absolute atomic E-state index is 13.7. The molecule has 0 bridgehead atoms. The average Bonchev–Trinajstić information content (AvgIpc) is 3.03. The minimum Gasteiger partial charge on any atom is -0.494 e. The van der Waals surface area contributed by atoms with Gasteiger partial charge < -0.3 is 15.4 Å². The molecule has 0 radical (unpaired) electrons. The lowest BCUT2D eigenvalue weighted by Crippen LogP contribution is -2.36. The Morgan fingerprint density at radius 3 is 2.70 bits per heavy atom. The van der Waals surface area contributed by atoms with Crippen molar-refractivity contribution >= 4 is 41.3 Å². The molecular formula is C16H21FIN3OS. The second-order valence-electron chi connectivity index (χ2n) is 4.65. The first-order chi connectivity index (χ1) is 10.7. The van der Waals surface area contributed by atoms with E-state index in [9.17, 15) is 4.39 Å². The number of ether oxygens (including phenoxy) is 1. The molecule has 2 aromatic rings. The second kappa shape index (κ2) is 10.4. The lowest BCUT2D eigenvalue weighted by Gasteiger charge is -2.12. The van der Waals surface area contributed by atoms with Gasteiger partial charge in [0, 0.05) is 13.1 Å². The van der Waals surface area contributed by atoms with Crippen LogP contribution < -0.4 is 15.4 Å². The molecule has 0 saturated carbocycles. The van der Waals surface area contributed by atoms with E-state index in [1.54, 1.807) is 17.4 Å². The van der Waals surface area contributed by atoms with Crippen LogP contribution in [0.1, 0.15) is 18.1 Å². The molecule has 0 aliphatic rings. The molecule has 1 aromatic carbocycles. The molecule has 0 amide bonds. The van der Waals surface area contributed by atoms with Crippen LogP contribution in [0.4, 0.5) is 4.39 Å². The maximum Gasteiger partial charge on any atom is 0.191 e. The number of benzene rings is 1. The van der Waals surface area contributed by atoms with Crippen LogP contribution in [0.3, 0.4) is 0 Å². The summed E-state index contributed by atoms with van der Waals surface area (Å²) in [7, 11) is 1.46. The molecule has 0 spiro atoms. The van der Waals surface area contributed by atoms with Gasteiger partial charge in [-0.25, -0.2) is 9.38 Å². The summed E-state index contributed by atoms with van der Waals surface area (Å²) < 4.78 is 18.6. The topological polar surface area (TPSA) is 45.7 Å². The number of hydrogen-bond donors (Lipinski definition) is 2. The Morgan fingerprint density at radius 2 is 2.09 bits per heavy atom. The Morgan fingerprint density at radius 1 is 1.26 bits per heavy atom. The Kier molecular flexibility index (Phi) is 8.93. The highest BCUT2D eigenvalue weighted by Crippen LogP contribution is 2.17. The molecule has 2 N–H and O–H groups in total. The first-order valence-corrected chi connectivity index (χ1v) is 8.03. The van der Waals surface area contributed by atoms with Gasteiger partial charge in [-0.2, -0.15) is 11.3 Å². The largest absolute Gasteiger partial charge is 0.494 e. The molecule has 0 fully saturated rings. The summed E-state index contributed by atoms with van der Waals surface area (Å²) in [6.45, 7) is 3.90. The van der Waals surface area contributed by atoms with Crippen molar-refractivity contribution in [2.75, 3.05) is 13.7 Å². The van der Waals surface area contributed by atoms with E-state index in [1.165, 1.54) is 18.7 Å². The van der Waals surface area contributed by atoms with Gasteiger partial charge in [0.25, 0.3) is 0 Å². The molecule has 0 unspecified atom stereocenters. The molecule has 0 atom stereocenters. The number of aliphatic imine (C=N–C) groups is 1. The monoisotopic (exact) mass is 449 g/mol. The van der Waals surface area contributed by atoms with Gasteiger partial charge in [-0.15, -0.1) is 24.0 Å². The maximum atomic E-state index is 13.7. The summed E-state index contributed by atoms with van der Waals surface area (Å²) >= 11 is 1.66. The lowest BCUT2D eigenvalue weighted by molar-refractivity contribution is 0.386. The van der Waals surface area contributed by atoms with Crippen LogP contribution >= 0.6 is 35.3 Å². The number of rotatable bonds is 6. The van der Waals surface area contributed by atoms with Crippen LogP contribution in [0.25, 0.3) is 0 Å². The van der Waals surface area contributed by atoms with Crippen molar-refractivity contribution < 1.29 is 9.13 Å². The smallest absolute Gasteiger partial charge is 0.191 e. The molecule has 4 nitrogen and oxygen atoms in total. The molecular weight excluding hydrogens is 428 g/mol. The van der Waals surface area contributed by atoms with E-state index in [4.69, 9.17) is 4.74 Å². The number of nitrogens with zero attached hydrogens (tertiary/aromatic N) is 1. The third-order valence-corrected chi connectivity index (χ3v) is 3.75. The third-order valence-electron chi connectivity index (χ3n) is 3.02. The van der Waals surface area contributed by atoms with Crippen LogP contribution in [-0.4, -0.2) is 19.6 Å². The van der Waals surface area contributed by atoms with Crippen LogP contribution in [0.5, 0.6) is 5.75 Å². The fourth-order valence-corrected chi connectivity index (χ4v) is 2.56. The van der Waals surface area contributed by atoms with Gasteiger partial charge in [0.05, 0.1) is 13.7 Å². The zero-order valence-electron chi connectivity index (χ0n) is 13.1. The quantitative estimate of drug-likeness (QED) is 0.401. The van der Waals surface area contributed by atoms with Gasteiger partial charge in [0.1, 0.15) is 0 Å². The Balaban J connectivity index is 0.00000264. The van der Waals surface area contributed by atoms with Gasteiger partial charge in [0.2, 0.25) is 0 Å². The molecule has 1 heterocycles. The molecule has 1 aromatic heterocycles. The fraction of sp³-hybridized carbons (Fsp3) is 0.312. The summed E-state index contributed by atoms with van der Waals surface area (Å²) in [5.41, 5.74) is 2.01. The Hall–Kier alpha value is -1.35. The highest BCUT2D eigenvalue weighted by molar-refractivity contribution is 14.0. The number of methoxy groups -OCH3 is 1. The van der Waals surface area contributed by atoms with E-state index >= 15 is 0 Å². The minimum absolute atomic E-state index is 0. The van der Waals surface area contributed by atoms with Crippen molar-refractivity contribution in [1.29, 1.82) is 0 Å². The number of hydrogen-bond acceptors (Lipinski definition) is 3.